The number of carboxylic acid groups (broad SMARTS) is 1. The molecule has 1 aromatic heterocycles. The van der Waals surface area contributed by atoms with E-state index in [1.807, 2.05) is 0 Å². The van der Waals surface area contributed by atoms with Gasteiger partial charge in [0.2, 0.25) is 0 Å². The largest absolute Gasteiger partial charge is 0.478 e. The van der Waals surface area contributed by atoms with Crippen LogP contribution in [0.1, 0.15) is 18.9 Å². The molecule has 13 heavy (non-hydrogen) atoms. The summed E-state index contributed by atoms with van der Waals surface area (Å²) in [5, 5.41) is 15.0. The maximum Gasteiger partial charge on any atom is 0.331 e. The van der Waals surface area contributed by atoms with Gasteiger partial charge in [0.1, 0.15) is 0 Å². The predicted octanol–water partition coefficient (Wildman–Crippen LogP) is 1.71. The predicted molar refractivity (Wildman–Crippen MR) is 51.7 cm³/mol. The van der Waals surface area contributed by atoms with Crippen molar-refractivity contribution in [2.24, 2.45) is 0 Å². The summed E-state index contributed by atoms with van der Waals surface area (Å²) in [6.07, 6.45) is 5.35. The number of hydrogen-bond donors (Lipinski definition) is 2. The number of halogens is 1. The van der Waals surface area contributed by atoms with Crippen LogP contribution in [0.25, 0.3) is 6.08 Å². The number of carbonyl (C=O) groups is 1. The molecule has 0 aliphatic carbocycles. The second kappa shape index (κ2) is 5.37. The van der Waals surface area contributed by atoms with Crippen molar-refractivity contribution in [3.8, 4) is 0 Å². The van der Waals surface area contributed by atoms with E-state index in [0.717, 1.165) is 5.56 Å². The highest BCUT2D eigenvalue weighted by atomic mass is 35.5. The minimum Gasteiger partial charge on any atom is -0.478 e. The highest BCUT2D eigenvalue weighted by Gasteiger charge is 2.03. The van der Waals surface area contributed by atoms with Gasteiger partial charge in [0.05, 0.1) is 6.20 Å². The number of aromatic nitrogens is 2. The third-order valence-corrected chi connectivity index (χ3v) is 1.52. The maximum atomic E-state index is 10.6. The van der Waals surface area contributed by atoms with Gasteiger partial charge in [-0.25, -0.2) is 4.79 Å². The normalized spacial score (nSPS) is 10.7. The minimum absolute atomic E-state index is 0. The molecule has 4 nitrogen and oxygen atoms in total. The summed E-state index contributed by atoms with van der Waals surface area (Å²) >= 11 is 0. The Morgan fingerprint density at radius 2 is 2.46 bits per heavy atom. The molecule has 0 aliphatic rings. The Bertz CT molecular complexity index is 293. The van der Waals surface area contributed by atoms with Crippen molar-refractivity contribution >= 4 is 24.5 Å². The fourth-order valence-electron chi connectivity index (χ4n) is 0.856. The van der Waals surface area contributed by atoms with Crippen LogP contribution in [0.15, 0.2) is 18.0 Å². The van der Waals surface area contributed by atoms with Crippen molar-refractivity contribution in [2.45, 2.75) is 13.3 Å². The van der Waals surface area contributed by atoms with Gasteiger partial charge in [0.15, 0.2) is 0 Å². The molecular formula is C8H11ClN2O2. The summed E-state index contributed by atoms with van der Waals surface area (Å²) in [4.78, 5) is 10.6. The van der Waals surface area contributed by atoms with E-state index in [9.17, 15) is 4.79 Å². The smallest absolute Gasteiger partial charge is 0.331 e. The first-order chi connectivity index (χ1) is 5.74. The van der Waals surface area contributed by atoms with Crippen molar-refractivity contribution in [1.82, 2.24) is 10.2 Å². The number of hydrogen-bond acceptors (Lipinski definition) is 2. The number of nitrogens with one attached hydrogen (secondary N) is 1. The fourth-order valence-corrected chi connectivity index (χ4v) is 0.856. The van der Waals surface area contributed by atoms with Crippen LogP contribution < -0.4 is 0 Å². The number of aromatic amines is 1. The average Bonchev–Trinajstić information content (AvgIpc) is 2.51. The summed E-state index contributed by atoms with van der Waals surface area (Å²) in [6, 6.07) is 0. The summed E-state index contributed by atoms with van der Waals surface area (Å²) in [5.74, 6) is -0.876. The molecule has 0 fully saturated rings. The highest BCUT2D eigenvalue weighted by molar-refractivity contribution is 5.91. The van der Waals surface area contributed by atoms with Gasteiger partial charge >= 0.3 is 5.97 Å². The Morgan fingerprint density at radius 3 is 2.85 bits per heavy atom. The molecule has 0 saturated heterocycles. The highest BCUT2D eigenvalue weighted by Crippen LogP contribution is 2.07. The van der Waals surface area contributed by atoms with Crippen molar-refractivity contribution in [3.63, 3.8) is 0 Å². The van der Waals surface area contributed by atoms with Gasteiger partial charge in [-0.1, -0.05) is 6.92 Å². The van der Waals surface area contributed by atoms with Crippen LogP contribution in [0.4, 0.5) is 0 Å². The Kier molecular flexibility index (Phi) is 4.84. The van der Waals surface area contributed by atoms with E-state index >= 15 is 0 Å². The Balaban J connectivity index is 0.00000144. The molecule has 5 heteroatoms. The monoisotopic (exact) mass is 202 g/mol. The summed E-state index contributed by atoms with van der Waals surface area (Å²) in [7, 11) is 0. The van der Waals surface area contributed by atoms with Crippen molar-refractivity contribution in [1.29, 1.82) is 0 Å². The summed E-state index contributed by atoms with van der Waals surface area (Å²) in [5.41, 5.74) is 1.17. The van der Waals surface area contributed by atoms with Crippen LogP contribution >= 0.6 is 12.4 Å². The van der Waals surface area contributed by atoms with Crippen LogP contribution in [-0.4, -0.2) is 21.3 Å². The quantitative estimate of drug-likeness (QED) is 0.734. The third-order valence-electron chi connectivity index (χ3n) is 1.52. The number of rotatable bonds is 3. The van der Waals surface area contributed by atoms with E-state index < -0.39 is 5.97 Å². The zero-order valence-electron chi connectivity index (χ0n) is 7.15. The number of nitrogens with zero attached hydrogens (tertiary/aromatic N) is 1. The molecular weight excluding hydrogens is 192 g/mol. The van der Waals surface area contributed by atoms with Gasteiger partial charge in [0, 0.05) is 17.3 Å². The standard InChI is InChI=1S/C8H10N2O2.ClH/c1-2-7(8(11)12)3-6-4-9-10-5-6;/h3-5H,2H2,1H3,(H,9,10)(H,11,12);1H/b7-3+;. The molecule has 0 aromatic carbocycles. The van der Waals surface area contributed by atoms with Crippen LogP contribution in [0.5, 0.6) is 0 Å². The Morgan fingerprint density at radius 1 is 1.77 bits per heavy atom. The zero-order valence-corrected chi connectivity index (χ0v) is 7.97. The molecule has 2 N–H and O–H groups in total. The molecule has 72 valence electrons. The van der Waals surface area contributed by atoms with E-state index in [0.29, 0.717) is 12.0 Å². The molecule has 1 aromatic rings. The molecule has 0 radical (unpaired) electrons. The second-order valence-corrected chi connectivity index (χ2v) is 2.36. The lowest BCUT2D eigenvalue weighted by atomic mass is 10.1. The topological polar surface area (TPSA) is 66.0 Å². The number of aliphatic carboxylic acids is 1. The molecule has 0 atom stereocenters. The van der Waals surface area contributed by atoms with E-state index in [-0.39, 0.29) is 12.4 Å². The van der Waals surface area contributed by atoms with E-state index in [4.69, 9.17) is 5.11 Å². The lowest BCUT2D eigenvalue weighted by Crippen LogP contribution is -1.98. The molecule has 0 unspecified atom stereocenters. The van der Waals surface area contributed by atoms with Crippen molar-refractivity contribution in [2.75, 3.05) is 0 Å². The van der Waals surface area contributed by atoms with Gasteiger partial charge in [-0.05, 0) is 12.5 Å². The average molecular weight is 203 g/mol. The van der Waals surface area contributed by atoms with E-state index in [1.54, 1.807) is 25.4 Å². The van der Waals surface area contributed by atoms with Gasteiger partial charge in [-0.3, -0.25) is 5.10 Å². The Labute approximate surface area is 82.1 Å². The molecule has 0 saturated carbocycles. The van der Waals surface area contributed by atoms with E-state index in [1.165, 1.54) is 0 Å². The van der Waals surface area contributed by atoms with E-state index in [2.05, 4.69) is 10.2 Å². The first-order valence-electron chi connectivity index (χ1n) is 3.66. The lowest BCUT2D eigenvalue weighted by molar-refractivity contribution is -0.132. The van der Waals surface area contributed by atoms with Gasteiger partial charge in [-0.15, -0.1) is 12.4 Å². The third kappa shape index (κ3) is 3.29. The SMILES string of the molecule is CC/C(=C\c1cn[nH]c1)C(=O)O.Cl. The summed E-state index contributed by atoms with van der Waals surface area (Å²) in [6.45, 7) is 1.81. The first kappa shape index (κ1) is 11.7. The molecule has 0 spiro atoms. The van der Waals surface area contributed by atoms with Crippen molar-refractivity contribution in [3.05, 3.63) is 23.5 Å². The van der Waals surface area contributed by atoms with Crippen LogP contribution in [0.2, 0.25) is 0 Å². The lowest BCUT2D eigenvalue weighted by Gasteiger charge is -1.94. The fraction of sp³-hybridized carbons (Fsp3) is 0.250. The van der Waals surface area contributed by atoms with Crippen molar-refractivity contribution < 1.29 is 9.90 Å². The minimum atomic E-state index is -0.876. The summed E-state index contributed by atoms with van der Waals surface area (Å²) < 4.78 is 0. The number of H-pyrrole nitrogens is 1. The maximum absolute atomic E-state index is 10.6. The Hall–Kier alpha value is -1.29. The molecule has 1 heterocycles. The van der Waals surface area contributed by atoms with Crippen LogP contribution in [-0.2, 0) is 4.79 Å². The van der Waals surface area contributed by atoms with Crippen LogP contribution in [0.3, 0.4) is 0 Å². The molecule has 0 bridgehead atoms. The second-order valence-electron chi connectivity index (χ2n) is 2.36. The van der Waals surface area contributed by atoms with Crippen LogP contribution in [0, 0.1) is 0 Å². The van der Waals surface area contributed by atoms with Gasteiger partial charge in [-0.2, -0.15) is 5.10 Å². The zero-order chi connectivity index (χ0) is 8.97. The molecule has 1 rings (SSSR count). The molecule has 0 amide bonds. The van der Waals surface area contributed by atoms with Gasteiger partial charge in [0.25, 0.3) is 0 Å². The number of carboxylic acids is 1. The molecule has 0 aliphatic heterocycles. The first-order valence-corrected chi connectivity index (χ1v) is 3.66. The van der Waals surface area contributed by atoms with Gasteiger partial charge < -0.3 is 5.11 Å².